The van der Waals surface area contributed by atoms with E-state index in [4.69, 9.17) is 14.2 Å². The fourth-order valence-electron chi connectivity index (χ4n) is 1.86. The van der Waals surface area contributed by atoms with E-state index in [2.05, 4.69) is 0 Å². The summed E-state index contributed by atoms with van der Waals surface area (Å²) in [7, 11) is 1.57. The van der Waals surface area contributed by atoms with E-state index in [1.54, 1.807) is 7.11 Å². The van der Waals surface area contributed by atoms with Gasteiger partial charge in [0.05, 0.1) is 19.3 Å². The summed E-state index contributed by atoms with van der Waals surface area (Å²) in [4.78, 5) is 0. The number of aliphatic hydroxyl groups excluding tert-OH is 1. The minimum absolute atomic E-state index is 0.288. The van der Waals surface area contributed by atoms with Crippen LogP contribution in [0.5, 0.6) is 0 Å². The van der Waals surface area contributed by atoms with Gasteiger partial charge in [-0.15, -0.1) is 0 Å². The van der Waals surface area contributed by atoms with Crippen LogP contribution in [0, 0.1) is 0 Å². The van der Waals surface area contributed by atoms with Crippen molar-refractivity contribution in [3.8, 4) is 0 Å². The molecule has 1 fully saturated rings. The zero-order valence-corrected chi connectivity index (χ0v) is 9.91. The summed E-state index contributed by atoms with van der Waals surface area (Å²) in [5.74, 6) is 0. The molecule has 0 aromatic heterocycles. The van der Waals surface area contributed by atoms with Crippen LogP contribution in [0.25, 0.3) is 0 Å². The van der Waals surface area contributed by atoms with Crippen molar-refractivity contribution in [2.24, 2.45) is 0 Å². The Morgan fingerprint density at radius 1 is 1.35 bits per heavy atom. The van der Waals surface area contributed by atoms with E-state index in [9.17, 15) is 5.11 Å². The van der Waals surface area contributed by atoms with Gasteiger partial charge in [-0.3, -0.25) is 0 Å². The normalized spacial score (nSPS) is 28.5. The zero-order chi connectivity index (χ0) is 12.1. The van der Waals surface area contributed by atoms with E-state index >= 15 is 0 Å². The lowest BCUT2D eigenvalue weighted by atomic mass is 10.2. The number of hydrogen-bond donors (Lipinski definition) is 1. The first-order chi connectivity index (χ1) is 8.29. The molecule has 3 atom stereocenters. The highest BCUT2D eigenvalue weighted by Crippen LogP contribution is 2.21. The largest absolute Gasteiger partial charge is 0.390 e. The van der Waals surface area contributed by atoms with Crippen molar-refractivity contribution < 1.29 is 19.3 Å². The van der Waals surface area contributed by atoms with Crippen LogP contribution in [0.4, 0.5) is 0 Å². The summed E-state index contributed by atoms with van der Waals surface area (Å²) in [6.07, 6.45) is -0.592. The highest BCUT2D eigenvalue weighted by Gasteiger charge is 2.33. The van der Waals surface area contributed by atoms with Crippen molar-refractivity contribution in [2.45, 2.75) is 31.5 Å². The first kappa shape index (κ1) is 12.5. The molecule has 1 aliphatic heterocycles. The van der Waals surface area contributed by atoms with Crippen LogP contribution in [-0.4, -0.2) is 37.3 Å². The fourth-order valence-corrected chi connectivity index (χ4v) is 1.86. The predicted octanol–water partition coefficient (Wildman–Crippen LogP) is 1.33. The molecule has 17 heavy (non-hydrogen) atoms. The molecule has 4 heteroatoms. The predicted molar refractivity (Wildman–Crippen MR) is 62.4 cm³/mol. The fraction of sp³-hybridized carbons (Fsp3) is 0.538. The average molecular weight is 238 g/mol. The van der Waals surface area contributed by atoms with E-state index in [1.165, 1.54) is 0 Å². The summed E-state index contributed by atoms with van der Waals surface area (Å²) in [6.45, 7) is 0.918. The van der Waals surface area contributed by atoms with Crippen LogP contribution in [0.15, 0.2) is 30.3 Å². The summed E-state index contributed by atoms with van der Waals surface area (Å²) < 4.78 is 16.0. The Balaban J connectivity index is 1.72. The maximum Gasteiger partial charge on any atom is 0.160 e. The van der Waals surface area contributed by atoms with Gasteiger partial charge < -0.3 is 19.3 Å². The maximum absolute atomic E-state index is 9.70. The van der Waals surface area contributed by atoms with Crippen LogP contribution >= 0.6 is 0 Å². The van der Waals surface area contributed by atoms with Gasteiger partial charge in [0.15, 0.2) is 6.29 Å². The lowest BCUT2D eigenvalue weighted by molar-refractivity contribution is -0.134. The number of ether oxygens (including phenoxy) is 3. The molecule has 94 valence electrons. The van der Waals surface area contributed by atoms with E-state index in [-0.39, 0.29) is 12.4 Å². The van der Waals surface area contributed by atoms with Crippen molar-refractivity contribution in [3.63, 3.8) is 0 Å². The van der Waals surface area contributed by atoms with Gasteiger partial charge in [-0.1, -0.05) is 30.3 Å². The molecule has 1 N–H and O–H groups in total. The van der Waals surface area contributed by atoms with Gasteiger partial charge in [0.2, 0.25) is 0 Å². The Morgan fingerprint density at radius 3 is 2.76 bits per heavy atom. The van der Waals surface area contributed by atoms with Gasteiger partial charge >= 0.3 is 0 Å². The molecule has 1 saturated heterocycles. The molecule has 1 aliphatic rings. The van der Waals surface area contributed by atoms with Crippen LogP contribution in [0.2, 0.25) is 0 Å². The average Bonchev–Trinajstić information content (AvgIpc) is 2.72. The van der Waals surface area contributed by atoms with E-state index in [1.807, 2.05) is 30.3 Å². The maximum atomic E-state index is 9.70. The molecule has 4 nitrogen and oxygen atoms in total. The number of rotatable bonds is 5. The molecule has 0 saturated carbocycles. The number of hydrogen-bond acceptors (Lipinski definition) is 4. The summed E-state index contributed by atoms with van der Waals surface area (Å²) >= 11 is 0. The smallest absolute Gasteiger partial charge is 0.160 e. The molecule has 1 aromatic rings. The van der Waals surface area contributed by atoms with Crippen molar-refractivity contribution in [3.05, 3.63) is 35.9 Å². The Labute approximate surface area is 101 Å². The minimum atomic E-state index is -0.504. The Hall–Kier alpha value is -0.940. The van der Waals surface area contributed by atoms with E-state index < -0.39 is 6.10 Å². The zero-order valence-electron chi connectivity index (χ0n) is 9.91. The van der Waals surface area contributed by atoms with Gasteiger partial charge in [0, 0.05) is 13.5 Å². The van der Waals surface area contributed by atoms with Crippen LogP contribution in [-0.2, 0) is 20.8 Å². The first-order valence-electron chi connectivity index (χ1n) is 5.77. The molecule has 2 rings (SSSR count). The number of aliphatic hydroxyl groups is 1. The van der Waals surface area contributed by atoms with Gasteiger partial charge in [-0.2, -0.15) is 0 Å². The van der Waals surface area contributed by atoms with Gasteiger partial charge in [-0.05, 0) is 5.56 Å². The monoisotopic (exact) mass is 238 g/mol. The second-order valence-corrected chi connectivity index (χ2v) is 4.14. The van der Waals surface area contributed by atoms with Crippen molar-refractivity contribution >= 4 is 0 Å². The highest BCUT2D eigenvalue weighted by molar-refractivity contribution is 5.13. The quantitative estimate of drug-likeness (QED) is 0.840. The standard InChI is InChI=1S/C13H18O4/c1-15-13-7-11(14)12(17-13)9-16-8-10-5-3-2-4-6-10/h2-6,11-14H,7-9H2,1H3/t11-,12+,13-/m0/s1. The Bertz CT molecular complexity index is 327. The summed E-state index contributed by atoms with van der Waals surface area (Å²) in [5.41, 5.74) is 1.11. The Kier molecular flexibility index (Phi) is 4.50. The second kappa shape index (κ2) is 6.12. The molecule has 0 bridgehead atoms. The van der Waals surface area contributed by atoms with Crippen molar-refractivity contribution in [1.82, 2.24) is 0 Å². The SMILES string of the molecule is CO[C@@H]1C[C@H](O)[C@@H](COCc2ccccc2)O1. The highest BCUT2D eigenvalue weighted by atomic mass is 16.7. The molecule has 0 spiro atoms. The second-order valence-electron chi connectivity index (χ2n) is 4.14. The van der Waals surface area contributed by atoms with Crippen LogP contribution in [0.1, 0.15) is 12.0 Å². The number of benzene rings is 1. The van der Waals surface area contributed by atoms with Crippen molar-refractivity contribution in [1.29, 1.82) is 0 Å². The minimum Gasteiger partial charge on any atom is -0.390 e. The summed E-state index contributed by atoms with van der Waals surface area (Å²) in [5, 5.41) is 9.70. The third-order valence-corrected chi connectivity index (χ3v) is 2.85. The topological polar surface area (TPSA) is 47.9 Å². The molecule has 0 aliphatic carbocycles. The third kappa shape index (κ3) is 3.51. The van der Waals surface area contributed by atoms with Crippen LogP contribution in [0.3, 0.4) is 0 Å². The lowest BCUT2D eigenvalue weighted by Gasteiger charge is -2.14. The summed E-state index contributed by atoms with van der Waals surface area (Å²) in [6, 6.07) is 9.92. The molecular weight excluding hydrogens is 220 g/mol. The third-order valence-electron chi connectivity index (χ3n) is 2.85. The molecular formula is C13H18O4. The van der Waals surface area contributed by atoms with Gasteiger partial charge in [0.25, 0.3) is 0 Å². The van der Waals surface area contributed by atoms with Gasteiger partial charge in [0.1, 0.15) is 6.10 Å². The van der Waals surface area contributed by atoms with E-state index in [0.29, 0.717) is 19.6 Å². The molecule has 1 heterocycles. The molecule has 0 radical (unpaired) electrons. The van der Waals surface area contributed by atoms with E-state index in [0.717, 1.165) is 5.56 Å². The van der Waals surface area contributed by atoms with Crippen LogP contribution < -0.4 is 0 Å². The number of methoxy groups -OCH3 is 1. The Morgan fingerprint density at radius 2 is 2.12 bits per heavy atom. The lowest BCUT2D eigenvalue weighted by Crippen LogP contribution is -2.26. The molecule has 0 unspecified atom stereocenters. The van der Waals surface area contributed by atoms with Crippen molar-refractivity contribution in [2.75, 3.05) is 13.7 Å². The van der Waals surface area contributed by atoms with Gasteiger partial charge in [-0.25, -0.2) is 0 Å². The molecule has 0 amide bonds. The molecule has 1 aromatic carbocycles. The first-order valence-corrected chi connectivity index (χ1v) is 5.77.